The smallest absolute Gasteiger partial charge is 0.309 e. The van der Waals surface area contributed by atoms with Crippen LogP contribution in [0.25, 0.3) is 0 Å². The molecule has 1 fully saturated rings. The Hall–Kier alpha value is -1.59. The highest BCUT2D eigenvalue weighted by Gasteiger charge is 2.27. The number of rotatable bonds is 5. The number of ether oxygens (including phenoxy) is 3. The monoisotopic (exact) mass is 293 g/mol. The Labute approximate surface area is 125 Å². The second-order valence-corrected chi connectivity index (χ2v) is 5.72. The standard InChI is InChI=1S/C16H23NO4/c1-16(2)20-10-13(11-21-16)9-17-14-6-4-12(5-7-14)8-15(18)19-3/h4-7,13,17H,8-11H2,1-3H3. The van der Waals surface area contributed by atoms with E-state index in [9.17, 15) is 4.79 Å². The highest BCUT2D eigenvalue weighted by atomic mass is 16.7. The molecule has 1 heterocycles. The van der Waals surface area contributed by atoms with Crippen molar-refractivity contribution in [1.29, 1.82) is 0 Å². The molecule has 1 aromatic rings. The van der Waals surface area contributed by atoms with Crippen molar-refractivity contribution < 1.29 is 19.0 Å². The summed E-state index contributed by atoms with van der Waals surface area (Å²) >= 11 is 0. The van der Waals surface area contributed by atoms with E-state index in [4.69, 9.17) is 9.47 Å². The molecule has 5 nitrogen and oxygen atoms in total. The third-order valence-corrected chi connectivity index (χ3v) is 3.46. The van der Waals surface area contributed by atoms with Crippen molar-refractivity contribution in [2.24, 2.45) is 5.92 Å². The second-order valence-electron chi connectivity index (χ2n) is 5.72. The van der Waals surface area contributed by atoms with E-state index < -0.39 is 5.79 Å². The van der Waals surface area contributed by atoms with Crippen LogP contribution in [0.5, 0.6) is 0 Å². The van der Waals surface area contributed by atoms with Crippen LogP contribution in [0, 0.1) is 5.92 Å². The van der Waals surface area contributed by atoms with Gasteiger partial charge in [-0.05, 0) is 31.5 Å². The van der Waals surface area contributed by atoms with E-state index in [-0.39, 0.29) is 5.97 Å². The van der Waals surface area contributed by atoms with E-state index in [0.29, 0.717) is 25.6 Å². The first-order valence-corrected chi connectivity index (χ1v) is 7.16. The van der Waals surface area contributed by atoms with Crippen molar-refractivity contribution >= 4 is 11.7 Å². The van der Waals surface area contributed by atoms with E-state index in [1.807, 2.05) is 38.1 Å². The highest BCUT2D eigenvalue weighted by molar-refractivity contribution is 5.72. The summed E-state index contributed by atoms with van der Waals surface area (Å²) in [5, 5.41) is 3.36. The number of benzene rings is 1. The fourth-order valence-electron chi connectivity index (χ4n) is 2.09. The van der Waals surface area contributed by atoms with Gasteiger partial charge in [-0.15, -0.1) is 0 Å². The Kier molecular flexibility index (Phi) is 5.20. The van der Waals surface area contributed by atoms with E-state index in [1.165, 1.54) is 7.11 Å². The molecule has 0 aromatic heterocycles. The minimum absolute atomic E-state index is 0.227. The predicted molar refractivity (Wildman–Crippen MR) is 80.1 cm³/mol. The van der Waals surface area contributed by atoms with Gasteiger partial charge in [-0.2, -0.15) is 0 Å². The number of hydrogen-bond donors (Lipinski definition) is 1. The van der Waals surface area contributed by atoms with Crippen LogP contribution in [-0.4, -0.2) is 38.6 Å². The lowest BCUT2D eigenvalue weighted by atomic mass is 10.1. The van der Waals surface area contributed by atoms with Gasteiger partial charge in [0.1, 0.15) is 0 Å². The molecule has 0 atom stereocenters. The summed E-state index contributed by atoms with van der Waals surface area (Å²) in [4.78, 5) is 11.2. The molecule has 21 heavy (non-hydrogen) atoms. The number of nitrogens with one attached hydrogen (secondary N) is 1. The topological polar surface area (TPSA) is 56.8 Å². The quantitative estimate of drug-likeness (QED) is 0.844. The summed E-state index contributed by atoms with van der Waals surface area (Å²) in [5.41, 5.74) is 1.96. The third kappa shape index (κ3) is 5.02. The SMILES string of the molecule is COC(=O)Cc1ccc(NCC2COC(C)(C)OC2)cc1. The maximum absolute atomic E-state index is 11.2. The molecule has 0 spiro atoms. The maximum atomic E-state index is 11.2. The predicted octanol–water partition coefficient (Wildman–Crippen LogP) is 2.21. The van der Waals surface area contributed by atoms with Gasteiger partial charge in [-0.1, -0.05) is 12.1 Å². The number of hydrogen-bond acceptors (Lipinski definition) is 5. The lowest BCUT2D eigenvalue weighted by Gasteiger charge is -2.35. The van der Waals surface area contributed by atoms with Gasteiger partial charge in [0, 0.05) is 18.2 Å². The number of esters is 1. The molecule has 1 aliphatic rings. The summed E-state index contributed by atoms with van der Waals surface area (Å²) in [6.07, 6.45) is 0.302. The zero-order valence-corrected chi connectivity index (χ0v) is 12.8. The van der Waals surface area contributed by atoms with Crippen molar-refractivity contribution in [3.05, 3.63) is 29.8 Å². The van der Waals surface area contributed by atoms with E-state index in [1.54, 1.807) is 0 Å². The minimum atomic E-state index is -0.466. The van der Waals surface area contributed by atoms with Gasteiger partial charge in [0.2, 0.25) is 0 Å². The summed E-state index contributed by atoms with van der Waals surface area (Å²) in [6.45, 7) is 6.04. The minimum Gasteiger partial charge on any atom is -0.469 e. The van der Waals surface area contributed by atoms with E-state index in [0.717, 1.165) is 17.8 Å². The van der Waals surface area contributed by atoms with Crippen LogP contribution in [-0.2, 0) is 25.4 Å². The van der Waals surface area contributed by atoms with Gasteiger partial charge >= 0.3 is 5.97 Å². The lowest BCUT2D eigenvalue weighted by molar-refractivity contribution is -0.260. The molecule has 1 saturated heterocycles. The Bertz CT molecular complexity index is 460. The van der Waals surface area contributed by atoms with Crippen molar-refractivity contribution in [1.82, 2.24) is 0 Å². The summed E-state index contributed by atoms with van der Waals surface area (Å²) < 4.78 is 15.9. The van der Waals surface area contributed by atoms with Crippen LogP contribution < -0.4 is 5.32 Å². The molecular weight excluding hydrogens is 270 g/mol. The molecule has 2 rings (SSSR count). The molecule has 1 N–H and O–H groups in total. The third-order valence-electron chi connectivity index (χ3n) is 3.46. The number of methoxy groups -OCH3 is 1. The van der Waals surface area contributed by atoms with Crippen LogP contribution in [0.2, 0.25) is 0 Å². The summed E-state index contributed by atoms with van der Waals surface area (Å²) in [5.74, 6) is -0.353. The Morgan fingerprint density at radius 3 is 2.48 bits per heavy atom. The molecule has 0 saturated carbocycles. The molecule has 116 valence electrons. The summed E-state index contributed by atoms with van der Waals surface area (Å²) in [7, 11) is 1.40. The molecule has 0 radical (unpaired) electrons. The molecule has 0 bridgehead atoms. The molecule has 0 aliphatic carbocycles. The molecule has 5 heteroatoms. The van der Waals surface area contributed by atoms with Crippen molar-refractivity contribution in [2.45, 2.75) is 26.1 Å². The van der Waals surface area contributed by atoms with Gasteiger partial charge < -0.3 is 19.5 Å². The second kappa shape index (κ2) is 6.91. The van der Waals surface area contributed by atoms with Crippen LogP contribution in [0.3, 0.4) is 0 Å². The van der Waals surface area contributed by atoms with Crippen molar-refractivity contribution in [2.75, 3.05) is 32.2 Å². The fraction of sp³-hybridized carbons (Fsp3) is 0.562. The average Bonchev–Trinajstić information content (AvgIpc) is 2.47. The fourth-order valence-corrected chi connectivity index (χ4v) is 2.09. The average molecular weight is 293 g/mol. The van der Waals surface area contributed by atoms with Crippen LogP contribution in [0.15, 0.2) is 24.3 Å². The van der Waals surface area contributed by atoms with E-state index in [2.05, 4.69) is 10.1 Å². The molecule has 1 aromatic carbocycles. The summed E-state index contributed by atoms with van der Waals surface area (Å²) in [6, 6.07) is 7.78. The van der Waals surface area contributed by atoms with Gasteiger partial charge in [0.25, 0.3) is 0 Å². The van der Waals surface area contributed by atoms with Crippen LogP contribution >= 0.6 is 0 Å². The van der Waals surface area contributed by atoms with Gasteiger partial charge in [-0.25, -0.2) is 0 Å². The van der Waals surface area contributed by atoms with Crippen LogP contribution in [0.4, 0.5) is 5.69 Å². The van der Waals surface area contributed by atoms with Gasteiger partial charge in [-0.3, -0.25) is 4.79 Å². The number of anilines is 1. The largest absolute Gasteiger partial charge is 0.469 e. The number of carbonyl (C=O) groups is 1. The van der Waals surface area contributed by atoms with Crippen molar-refractivity contribution in [3.8, 4) is 0 Å². The number of carbonyl (C=O) groups excluding carboxylic acids is 1. The first-order chi connectivity index (χ1) is 9.98. The molecule has 0 unspecified atom stereocenters. The lowest BCUT2D eigenvalue weighted by Crippen LogP contribution is -2.41. The van der Waals surface area contributed by atoms with Gasteiger partial charge in [0.15, 0.2) is 5.79 Å². The zero-order chi connectivity index (χ0) is 15.3. The first-order valence-electron chi connectivity index (χ1n) is 7.16. The Morgan fingerprint density at radius 2 is 1.90 bits per heavy atom. The van der Waals surface area contributed by atoms with E-state index >= 15 is 0 Å². The maximum Gasteiger partial charge on any atom is 0.309 e. The zero-order valence-electron chi connectivity index (χ0n) is 12.8. The van der Waals surface area contributed by atoms with Gasteiger partial charge in [0.05, 0.1) is 26.7 Å². The Balaban J connectivity index is 1.77. The Morgan fingerprint density at radius 1 is 1.29 bits per heavy atom. The molecule has 0 amide bonds. The first kappa shape index (κ1) is 15.8. The molecule has 1 aliphatic heterocycles. The van der Waals surface area contributed by atoms with Crippen LogP contribution in [0.1, 0.15) is 19.4 Å². The molecular formula is C16H23NO4. The highest BCUT2D eigenvalue weighted by Crippen LogP contribution is 2.21. The van der Waals surface area contributed by atoms with Crippen molar-refractivity contribution in [3.63, 3.8) is 0 Å². The normalized spacial score (nSPS) is 18.2.